The van der Waals surface area contributed by atoms with Crippen LogP contribution in [0.5, 0.6) is 0 Å². The van der Waals surface area contributed by atoms with E-state index in [0.29, 0.717) is 25.8 Å². The molecule has 1 fully saturated rings. The fraction of sp³-hybridized carbons (Fsp3) is 0.769. The number of ether oxygens (including phenoxy) is 1. The molecule has 0 radical (unpaired) electrons. The molecular formula is C13H21N3O2. The van der Waals surface area contributed by atoms with Gasteiger partial charge in [0, 0.05) is 43.9 Å². The van der Waals surface area contributed by atoms with E-state index >= 15 is 0 Å². The molecule has 18 heavy (non-hydrogen) atoms. The Hall–Kier alpha value is -0.910. The maximum Gasteiger partial charge on any atom is 0.103 e. The molecule has 2 N–H and O–H groups in total. The molecule has 0 amide bonds. The van der Waals surface area contributed by atoms with Crippen molar-refractivity contribution in [2.45, 2.75) is 37.3 Å². The lowest BCUT2D eigenvalue weighted by Crippen LogP contribution is -2.42. The maximum atomic E-state index is 10.3. The smallest absolute Gasteiger partial charge is 0.103 e. The van der Waals surface area contributed by atoms with Gasteiger partial charge >= 0.3 is 0 Å². The largest absolute Gasteiger partial charge is 0.386 e. The average Bonchev–Trinajstić information content (AvgIpc) is 2.96. The van der Waals surface area contributed by atoms with Crippen molar-refractivity contribution in [2.75, 3.05) is 19.8 Å². The number of nitrogens with one attached hydrogen (secondary N) is 1. The zero-order valence-corrected chi connectivity index (χ0v) is 10.9. The first-order valence-corrected chi connectivity index (χ1v) is 6.72. The fourth-order valence-corrected chi connectivity index (χ4v) is 2.97. The van der Waals surface area contributed by atoms with Gasteiger partial charge in [0.1, 0.15) is 5.60 Å². The Morgan fingerprint density at radius 1 is 1.67 bits per heavy atom. The summed E-state index contributed by atoms with van der Waals surface area (Å²) in [7, 11) is 2.00. The first-order valence-electron chi connectivity index (χ1n) is 6.72. The maximum absolute atomic E-state index is 10.3. The van der Waals surface area contributed by atoms with E-state index in [0.717, 1.165) is 19.3 Å². The summed E-state index contributed by atoms with van der Waals surface area (Å²) in [5.41, 5.74) is 1.94. The molecule has 2 unspecified atom stereocenters. The summed E-state index contributed by atoms with van der Waals surface area (Å²) in [6, 6.07) is 0.326. The molecule has 1 saturated heterocycles. The summed E-state index contributed by atoms with van der Waals surface area (Å²) >= 11 is 0. The van der Waals surface area contributed by atoms with Gasteiger partial charge in [0.15, 0.2) is 0 Å². The molecule has 5 heteroatoms. The van der Waals surface area contributed by atoms with Gasteiger partial charge < -0.3 is 15.2 Å². The normalized spacial score (nSPS) is 31.6. The molecule has 2 atom stereocenters. The summed E-state index contributed by atoms with van der Waals surface area (Å²) in [4.78, 5) is 0. The van der Waals surface area contributed by atoms with E-state index in [-0.39, 0.29) is 0 Å². The summed E-state index contributed by atoms with van der Waals surface area (Å²) in [6.45, 7) is 1.72. The number of fused-ring (bicyclic) bond motifs is 1. The standard InChI is InChI=1S/C13H21N3O2/c1-16-12-4-2-3-11(10(12)7-15-16)14-8-13(17)5-6-18-9-13/h7,11,14,17H,2-6,8-9H2,1H3. The predicted molar refractivity (Wildman–Crippen MR) is 67.3 cm³/mol. The second kappa shape index (κ2) is 4.64. The Morgan fingerprint density at radius 2 is 2.56 bits per heavy atom. The van der Waals surface area contributed by atoms with Gasteiger partial charge in [-0.25, -0.2) is 0 Å². The van der Waals surface area contributed by atoms with Crippen LogP contribution in [0.4, 0.5) is 0 Å². The zero-order chi connectivity index (χ0) is 12.6. The lowest BCUT2D eigenvalue weighted by molar-refractivity contribution is 0.0243. The van der Waals surface area contributed by atoms with Crippen LogP contribution in [0, 0.1) is 0 Å². The molecule has 0 aromatic carbocycles. The van der Waals surface area contributed by atoms with Crippen LogP contribution in [0.25, 0.3) is 0 Å². The van der Waals surface area contributed by atoms with Crippen molar-refractivity contribution < 1.29 is 9.84 Å². The van der Waals surface area contributed by atoms with E-state index < -0.39 is 5.60 Å². The van der Waals surface area contributed by atoms with E-state index in [1.54, 1.807) is 0 Å². The minimum atomic E-state index is -0.681. The highest BCUT2D eigenvalue weighted by Crippen LogP contribution is 2.30. The van der Waals surface area contributed by atoms with Crippen LogP contribution in [0.3, 0.4) is 0 Å². The van der Waals surface area contributed by atoms with Crippen LogP contribution >= 0.6 is 0 Å². The third-order valence-corrected chi connectivity index (χ3v) is 4.14. The lowest BCUT2D eigenvalue weighted by Gasteiger charge is -2.28. The Balaban J connectivity index is 1.67. The molecule has 5 nitrogen and oxygen atoms in total. The number of nitrogens with zero attached hydrogens (tertiary/aromatic N) is 2. The van der Waals surface area contributed by atoms with Crippen molar-refractivity contribution >= 4 is 0 Å². The quantitative estimate of drug-likeness (QED) is 0.823. The second-order valence-corrected chi connectivity index (χ2v) is 5.52. The number of hydrogen-bond acceptors (Lipinski definition) is 4. The van der Waals surface area contributed by atoms with Crippen LogP contribution in [-0.2, 0) is 18.2 Å². The molecule has 1 aliphatic carbocycles. The first-order chi connectivity index (χ1) is 8.68. The van der Waals surface area contributed by atoms with Crippen molar-refractivity contribution in [1.29, 1.82) is 0 Å². The monoisotopic (exact) mass is 251 g/mol. The molecule has 2 heterocycles. The summed E-state index contributed by atoms with van der Waals surface area (Å²) in [5.74, 6) is 0. The topological polar surface area (TPSA) is 59.3 Å². The van der Waals surface area contributed by atoms with E-state index in [4.69, 9.17) is 4.74 Å². The Morgan fingerprint density at radius 3 is 3.33 bits per heavy atom. The minimum absolute atomic E-state index is 0.326. The van der Waals surface area contributed by atoms with Crippen molar-refractivity contribution in [3.05, 3.63) is 17.5 Å². The SMILES string of the molecule is Cn1ncc2c1CCCC2NCC1(O)CCOC1. The van der Waals surface area contributed by atoms with Crippen LogP contribution in [0.15, 0.2) is 6.20 Å². The summed E-state index contributed by atoms with van der Waals surface area (Å²) in [6.07, 6.45) is 6.10. The van der Waals surface area contributed by atoms with Crippen molar-refractivity contribution in [3.8, 4) is 0 Å². The van der Waals surface area contributed by atoms with Gasteiger partial charge in [-0.05, 0) is 19.3 Å². The number of rotatable bonds is 3. The Kier molecular flexibility index (Phi) is 3.13. The van der Waals surface area contributed by atoms with Gasteiger partial charge in [0.2, 0.25) is 0 Å². The van der Waals surface area contributed by atoms with Gasteiger partial charge in [0.25, 0.3) is 0 Å². The van der Waals surface area contributed by atoms with Crippen molar-refractivity contribution in [1.82, 2.24) is 15.1 Å². The predicted octanol–water partition coefficient (Wildman–Crippen LogP) is 0.538. The molecule has 0 spiro atoms. The van der Waals surface area contributed by atoms with Gasteiger partial charge in [-0.1, -0.05) is 0 Å². The highest BCUT2D eigenvalue weighted by Gasteiger charge is 2.33. The molecule has 1 aromatic rings. The molecule has 1 aromatic heterocycles. The minimum Gasteiger partial charge on any atom is -0.386 e. The third kappa shape index (κ3) is 2.18. The second-order valence-electron chi connectivity index (χ2n) is 5.52. The van der Waals surface area contributed by atoms with Crippen molar-refractivity contribution in [3.63, 3.8) is 0 Å². The van der Waals surface area contributed by atoms with Crippen LogP contribution in [0.2, 0.25) is 0 Å². The van der Waals surface area contributed by atoms with E-state index in [1.807, 2.05) is 17.9 Å². The van der Waals surface area contributed by atoms with Gasteiger partial charge in [-0.3, -0.25) is 4.68 Å². The third-order valence-electron chi connectivity index (χ3n) is 4.14. The zero-order valence-electron chi connectivity index (χ0n) is 10.9. The summed E-state index contributed by atoms with van der Waals surface area (Å²) < 4.78 is 7.24. The molecule has 100 valence electrons. The van der Waals surface area contributed by atoms with Crippen LogP contribution in [-0.4, -0.2) is 40.2 Å². The molecular weight excluding hydrogens is 230 g/mol. The Bertz CT molecular complexity index is 424. The molecule has 0 bridgehead atoms. The number of aromatic nitrogens is 2. The van der Waals surface area contributed by atoms with E-state index in [2.05, 4.69) is 10.4 Å². The molecule has 3 rings (SSSR count). The average molecular weight is 251 g/mol. The number of aryl methyl sites for hydroxylation is 1. The van der Waals surface area contributed by atoms with Gasteiger partial charge in [0.05, 0.1) is 12.8 Å². The number of aliphatic hydroxyl groups is 1. The highest BCUT2D eigenvalue weighted by atomic mass is 16.5. The Labute approximate surface area is 107 Å². The lowest BCUT2D eigenvalue weighted by atomic mass is 9.92. The number of hydrogen-bond donors (Lipinski definition) is 2. The fourth-order valence-electron chi connectivity index (χ4n) is 2.97. The molecule has 1 aliphatic heterocycles. The highest BCUT2D eigenvalue weighted by molar-refractivity contribution is 5.24. The van der Waals surface area contributed by atoms with Crippen molar-refractivity contribution in [2.24, 2.45) is 7.05 Å². The first kappa shape index (κ1) is 12.1. The molecule has 2 aliphatic rings. The summed E-state index contributed by atoms with van der Waals surface area (Å²) in [5, 5.41) is 18.1. The van der Waals surface area contributed by atoms with E-state index in [1.165, 1.54) is 17.7 Å². The molecule has 0 saturated carbocycles. The van der Waals surface area contributed by atoms with Gasteiger partial charge in [-0.2, -0.15) is 5.10 Å². The van der Waals surface area contributed by atoms with E-state index in [9.17, 15) is 5.11 Å². The van der Waals surface area contributed by atoms with Crippen LogP contribution < -0.4 is 5.32 Å². The van der Waals surface area contributed by atoms with Gasteiger partial charge in [-0.15, -0.1) is 0 Å². The van der Waals surface area contributed by atoms with Crippen LogP contribution in [0.1, 0.15) is 36.6 Å².